The van der Waals surface area contributed by atoms with Gasteiger partial charge in [-0.3, -0.25) is 4.57 Å². The Morgan fingerprint density at radius 1 is 1.05 bits per heavy atom. The summed E-state index contributed by atoms with van der Waals surface area (Å²) < 4.78 is 4.16. The van der Waals surface area contributed by atoms with Gasteiger partial charge in [-0.2, -0.15) is 0 Å². The highest BCUT2D eigenvalue weighted by Crippen LogP contribution is 2.23. The second-order valence-electron chi connectivity index (χ2n) is 5.17. The van der Waals surface area contributed by atoms with E-state index in [0.717, 1.165) is 35.9 Å². The molecule has 0 unspecified atom stereocenters. The van der Waals surface area contributed by atoms with Crippen LogP contribution in [0.4, 0.5) is 0 Å². The van der Waals surface area contributed by atoms with Gasteiger partial charge in [0.2, 0.25) is 0 Å². The summed E-state index contributed by atoms with van der Waals surface area (Å²) in [5, 5.41) is 9.27. The molecular weight excluding hydrogens is 276 g/mol. The summed E-state index contributed by atoms with van der Waals surface area (Å²) in [6, 6.07) is 8.07. The number of rotatable bonds is 6. The monoisotopic (exact) mass is 296 g/mol. The molecule has 0 bridgehead atoms. The zero-order chi connectivity index (χ0) is 15.4. The predicted octanol–water partition coefficient (Wildman–Crippen LogP) is 2.68. The topological polar surface area (TPSA) is 55.9 Å². The minimum absolute atomic E-state index is 0.130. The van der Waals surface area contributed by atoms with E-state index in [1.165, 1.54) is 0 Å². The minimum atomic E-state index is 0.130. The molecule has 114 valence electrons. The van der Waals surface area contributed by atoms with E-state index in [-0.39, 0.29) is 6.61 Å². The van der Waals surface area contributed by atoms with E-state index in [4.69, 9.17) is 0 Å². The van der Waals surface area contributed by atoms with Crippen molar-refractivity contribution in [3.63, 3.8) is 0 Å². The first kappa shape index (κ1) is 14.5. The van der Waals surface area contributed by atoms with Crippen molar-refractivity contribution in [2.75, 3.05) is 6.61 Å². The summed E-state index contributed by atoms with van der Waals surface area (Å²) in [5.74, 6) is 1.69. The molecule has 5 nitrogen and oxygen atoms in total. The van der Waals surface area contributed by atoms with Gasteiger partial charge < -0.3 is 9.67 Å². The van der Waals surface area contributed by atoms with Gasteiger partial charge in [0.15, 0.2) is 11.6 Å². The fourth-order valence-corrected chi connectivity index (χ4v) is 2.68. The average molecular weight is 296 g/mol. The summed E-state index contributed by atoms with van der Waals surface area (Å²) in [5.41, 5.74) is 2.13. The minimum Gasteiger partial charge on any atom is -0.396 e. The number of aliphatic hydroxyl groups is 1. The summed E-state index contributed by atoms with van der Waals surface area (Å²) in [6.07, 6.45) is 9.19. The quantitative estimate of drug-likeness (QED) is 0.761. The normalized spacial score (nSPS) is 11.0. The molecular formula is C17H20N4O. The Balaban J connectivity index is 2.08. The molecule has 0 aliphatic carbocycles. The molecule has 0 atom stereocenters. The third kappa shape index (κ3) is 2.67. The molecule has 1 N–H and O–H groups in total. The number of aliphatic hydroxyl groups excluding tert-OH is 1. The van der Waals surface area contributed by atoms with Gasteiger partial charge in [-0.05, 0) is 24.5 Å². The summed E-state index contributed by atoms with van der Waals surface area (Å²) >= 11 is 0. The van der Waals surface area contributed by atoms with E-state index >= 15 is 0 Å². The van der Waals surface area contributed by atoms with Crippen molar-refractivity contribution in [2.45, 2.75) is 26.3 Å². The molecule has 1 aromatic carbocycles. The number of hydrogen-bond donors (Lipinski definition) is 1. The number of aromatic nitrogens is 4. The number of imidazole rings is 2. The van der Waals surface area contributed by atoms with E-state index in [0.29, 0.717) is 6.42 Å². The summed E-state index contributed by atoms with van der Waals surface area (Å²) in [7, 11) is 0. The van der Waals surface area contributed by atoms with Crippen LogP contribution in [-0.4, -0.2) is 30.8 Å². The van der Waals surface area contributed by atoms with Crippen molar-refractivity contribution < 1.29 is 5.11 Å². The van der Waals surface area contributed by atoms with Crippen LogP contribution in [0.25, 0.3) is 17.3 Å². The van der Waals surface area contributed by atoms with Crippen LogP contribution in [0.2, 0.25) is 0 Å². The maximum atomic E-state index is 9.27. The van der Waals surface area contributed by atoms with Crippen molar-refractivity contribution in [2.24, 2.45) is 0 Å². The molecule has 5 heteroatoms. The van der Waals surface area contributed by atoms with Crippen LogP contribution < -0.4 is 0 Å². The molecule has 2 aromatic heterocycles. The Labute approximate surface area is 129 Å². The van der Waals surface area contributed by atoms with Crippen molar-refractivity contribution in [1.29, 1.82) is 0 Å². The van der Waals surface area contributed by atoms with E-state index in [2.05, 4.69) is 21.5 Å². The molecule has 22 heavy (non-hydrogen) atoms. The van der Waals surface area contributed by atoms with Crippen LogP contribution in [0.15, 0.2) is 49.1 Å². The van der Waals surface area contributed by atoms with E-state index in [9.17, 15) is 5.11 Å². The van der Waals surface area contributed by atoms with Crippen molar-refractivity contribution >= 4 is 0 Å². The average Bonchev–Trinajstić information content (AvgIpc) is 3.17. The van der Waals surface area contributed by atoms with Crippen molar-refractivity contribution in [3.8, 4) is 17.3 Å². The lowest BCUT2D eigenvalue weighted by atomic mass is 10.1. The first-order valence-corrected chi connectivity index (χ1v) is 7.59. The number of benzene rings is 1. The number of nitrogens with zero attached hydrogens (tertiary/aromatic N) is 4. The van der Waals surface area contributed by atoms with Crippen molar-refractivity contribution in [3.05, 3.63) is 54.6 Å². The van der Waals surface area contributed by atoms with Crippen molar-refractivity contribution in [1.82, 2.24) is 19.1 Å². The fraction of sp³-hybridized carbons (Fsp3) is 0.294. The Morgan fingerprint density at radius 2 is 1.82 bits per heavy atom. The van der Waals surface area contributed by atoms with Crippen LogP contribution >= 0.6 is 0 Å². The van der Waals surface area contributed by atoms with Gasteiger partial charge in [-0.1, -0.05) is 25.1 Å². The van der Waals surface area contributed by atoms with Gasteiger partial charge in [0, 0.05) is 37.9 Å². The molecule has 0 radical (unpaired) electrons. The highest BCUT2D eigenvalue weighted by Gasteiger charge is 2.14. The summed E-state index contributed by atoms with van der Waals surface area (Å²) in [6.45, 7) is 3.19. The van der Waals surface area contributed by atoms with Gasteiger partial charge in [0.1, 0.15) is 0 Å². The van der Waals surface area contributed by atoms with Gasteiger partial charge >= 0.3 is 0 Å². The molecule has 0 amide bonds. The highest BCUT2D eigenvalue weighted by molar-refractivity contribution is 5.53. The lowest BCUT2D eigenvalue weighted by Crippen LogP contribution is -2.06. The smallest absolute Gasteiger partial charge is 0.181 e. The van der Waals surface area contributed by atoms with Crippen LogP contribution in [0.3, 0.4) is 0 Å². The first-order chi connectivity index (χ1) is 10.8. The second kappa shape index (κ2) is 6.58. The zero-order valence-corrected chi connectivity index (χ0v) is 12.7. The molecule has 0 saturated carbocycles. The Bertz CT molecular complexity index is 744. The lowest BCUT2D eigenvalue weighted by molar-refractivity contribution is 0.299. The first-order valence-electron chi connectivity index (χ1n) is 7.59. The van der Waals surface area contributed by atoms with E-state index in [1.54, 1.807) is 6.20 Å². The molecule has 0 saturated heterocycles. The van der Waals surface area contributed by atoms with Gasteiger partial charge in [-0.15, -0.1) is 0 Å². The number of para-hydroxylation sites is 1. The van der Waals surface area contributed by atoms with Gasteiger partial charge in [0.05, 0.1) is 5.69 Å². The third-order valence-corrected chi connectivity index (χ3v) is 3.65. The highest BCUT2D eigenvalue weighted by atomic mass is 16.2. The maximum absolute atomic E-state index is 9.27. The predicted molar refractivity (Wildman–Crippen MR) is 85.9 cm³/mol. The molecule has 3 aromatic rings. The molecule has 0 aliphatic heterocycles. The fourth-order valence-electron chi connectivity index (χ4n) is 2.68. The molecule has 0 aliphatic rings. The second-order valence-corrected chi connectivity index (χ2v) is 5.17. The van der Waals surface area contributed by atoms with Crippen LogP contribution in [0.1, 0.15) is 18.9 Å². The molecule has 0 fully saturated rings. The number of hydrogen-bond acceptors (Lipinski definition) is 3. The SMILES string of the molecule is CCCn1ccnc1-c1nccn1-c1ccccc1CCO. The Kier molecular flexibility index (Phi) is 4.34. The molecule has 3 rings (SSSR count). The summed E-state index contributed by atoms with van der Waals surface area (Å²) in [4.78, 5) is 8.97. The molecule has 0 spiro atoms. The molecule has 2 heterocycles. The van der Waals surface area contributed by atoms with E-state index in [1.807, 2.05) is 47.4 Å². The van der Waals surface area contributed by atoms with Crippen LogP contribution in [-0.2, 0) is 13.0 Å². The van der Waals surface area contributed by atoms with Gasteiger partial charge in [0.25, 0.3) is 0 Å². The third-order valence-electron chi connectivity index (χ3n) is 3.65. The zero-order valence-electron chi connectivity index (χ0n) is 12.7. The lowest BCUT2D eigenvalue weighted by Gasteiger charge is -2.13. The van der Waals surface area contributed by atoms with Crippen LogP contribution in [0, 0.1) is 0 Å². The van der Waals surface area contributed by atoms with Crippen LogP contribution in [0.5, 0.6) is 0 Å². The maximum Gasteiger partial charge on any atom is 0.181 e. The Hall–Kier alpha value is -2.40. The Morgan fingerprint density at radius 3 is 2.64 bits per heavy atom. The standard InChI is InChI=1S/C17H20N4O/c1-2-10-20-11-8-18-16(20)17-19-9-12-21(17)15-6-4-3-5-14(15)7-13-22/h3-6,8-9,11-12,22H,2,7,10,13H2,1H3. The number of aryl methyl sites for hydroxylation is 1. The van der Waals surface area contributed by atoms with Gasteiger partial charge in [-0.25, -0.2) is 9.97 Å². The largest absolute Gasteiger partial charge is 0.396 e. The van der Waals surface area contributed by atoms with E-state index < -0.39 is 0 Å².